The first kappa shape index (κ1) is 10.9. The normalized spacial score (nSPS) is 10.4. The molecule has 0 fully saturated rings. The third-order valence-corrected chi connectivity index (χ3v) is 3.14. The second kappa shape index (κ2) is 4.09. The van der Waals surface area contributed by atoms with Crippen LogP contribution in [0.25, 0.3) is 10.9 Å². The van der Waals surface area contributed by atoms with E-state index in [1.54, 1.807) is 24.3 Å². The van der Waals surface area contributed by atoms with E-state index in [0.717, 1.165) is 4.73 Å². The molecule has 5 heteroatoms. The van der Waals surface area contributed by atoms with E-state index in [-0.39, 0.29) is 0 Å². The number of carbonyl (C=O) groups is 1. The smallest absolute Gasteiger partial charge is 0.339 e. The standard InChI is InChI=1S/C11H8BrNO3/c1-16-11(14)8-4-5-9-7(10(8)12)3-2-6-13(9)15/h2-6H,1H3. The average Bonchev–Trinajstić information content (AvgIpc) is 2.30. The molecule has 0 amide bonds. The van der Waals surface area contributed by atoms with Crippen LogP contribution in [0, 0.1) is 5.21 Å². The predicted molar refractivity (Wildman–Crippen MR) is 61.9 cm³/mol. The number of nitrogens with zero attached hydrogens (tertiary/aromatic N) is 1. The van der Waals surface area contributed by atoms with Crippen LogP contribution in [0.15, 0.2) is 34.9 Å². The van der Waals surface area contributed by atoms with Crippen LogP contribution in [0.2, 0.25) is 0 Å². The highest BCUT2D eigenvalue weighted by Crippen LogP contribution is 2.26. The van der Waals surface area contributed by atoms with E-state index in [2.05, 4.69) is 20.7 Å². The number of hydrogen-bond donors (Lipinski definition) is 0. The number of halogens is 1. The zero-order valence-electron chi connectivity index (χ0n) is 8.44. The fraction of sp³-hybridized carbons (Fsp3) is 0.0909. The van der Waals surface area contributed by atoms with Crippen molar-refractivity contribution in [2.24, 2.45) is 0 Å². The van der Waals surface area contributed by atoms with Crippen molar-refractivity contribution in [1.29, 1.82) is 0 Å². The summed E-state index contributed by atoms with van der Waals surface area (Å²) in [5.74, 6) is -0.435. The molecule has 0 spiro atoms. The second-order valence-electron chi connectivity index (χ2n) is 3.19. The molecule has 82 valence electrons. The van der Waals surface area contributed by atoms with E-state index >= 15 is 0 Å². The molecule has 0 saturated carbocycles. The molecule has 4 nitrogen and oxygen atoms in total. The van der Waals surface area contributed by atoms with Gasteiger partial charge in [-0.2, -0.15) is 4.73 Å². The van der Waals surface area contributed by atoms with Crippen LogP contribution >= 0.6 is 15.9 Å². The fourth-order valence-corrected chi connectivity index (χ4v) is 2.13. The number of ether oxygens (including phenoxy) is 1. The number of carbonyl (C=O) groups excluding carboxylic acids is 1. The molecular formula is C11H8BrNO3. The number of fused-ring (bicyclic) bond motifs is 1. The number of benzene rings is 1. The van der Waals surface area contributed by atoms with Gasteiger partial charge in [0.15, 0.2) is 6.20 Å². The molecule has 2 rings (SSSR count). The largest absolute Gasteiger partial charge is 0.618 e. The Morgan fingerprint density at radius 1 is 1.44 bits per heavy atom. The number of methoxy groups -OCH3 is 1. The second-order valence-corrected chi connectivity index (χ2v) is 3.98. The fourth-order valence-electron chi connectivity index (χ4n) is 1.50. The van der Waals surface area contributed by atoms with Gasteiger partial charge in [0.2, 0.25) is 5.52 Å². The van der Waals surface area contributed by atoms with E-state index in [4.69, 9.17) is 0 Å². The molecule has 1 aromatic heterocycles. The van der Waals surface area contributed by atoms with Gasteiger partial charge in [0, 0.05) is 16.6 Å². The minimum absolute atomic E-state index is 0.404. The van der Waals surface area contributed by atoms with Crippen LogP contribution in [0.3, 0.4) is 0 Å². The summed E-state index contributed by atoms with van der Waals surface area (Å²) in [6.45, 7) is 0. The summed E-state index contributed by atoms with van der Waals surface area (Å²) < 4.78 is 5.96. The lowest BCUT2D eigenvalue weighted by atomic mass is 10.1. The molecule has 0 bridgehead atoms. The third kappa shape index (κ3) is 1.63. The number of pyridine rings is 1. The van der Waals surface area contributed by atoms with Gasteiger partial charge < -0.3 is 9.94 Å². The minimum atomic E-state index is -0.435. The lowest BCUT2D eigenvalue weighted by Crippen LogP contribution is -2.26. The maximum absolute atomic E-state index is 11.5. The Morgan fingerprint density at radius 3 is 2.88 bits per heavy atom. The Hall–Kier alpha value is -1.62. The molecule has 1 aromatic carbocycles. The molecule has 1 heterocycles. The maximum atomic E-state index is 11.5. The zero-order chi connectivity index (χ0) is 11.7. The van der Waals surface area contributed by atoms with Crippen molar-refractivity contribution in [3.63, 3.8) is 0 Å². The van der Waals surface area contributed by atoms with E-state index in [0.29, 0.717) is 20.9 Å². The summed E-state index contributed by atoms with van der Waals surface area (Å²) in [7, 11) is 1.32. The van der Waals surface area contributed by atoms with E-state index < -0.39 is 5.97 Å². The molecule has 0 atom stereocenters. The van der Waals surface area contributed by atoms with Gasteiger partial charge in [-0.25, -0.2) is 4.79 Å². The molecule has 0 aliphatic rings. The highest BCUT2D eigenvalue weighted by atomic mass is 79.9. The molecule has 0 aliphatic carbocycles. The Morgan fingerprint density at radius 2 is 2.19 bits per heavy atom. The van der Waals surface area contributed by atoms with Gasteiger partial charge in [-0.05, 0) is 28.1 Å². The minimum Gasteiger partial charge on any atom is -0.618 e. The summed E-state index contributed by atoms with van der Waals surface area (Å²) >= 11 is 3.30. The van der Waals surface area contributed by atoms with Gasteiger partial charge in [0.25, 0.3) is 0 Å². The van der Waals surface area contributed by atoms with Crippen LogP contribution in [0.1, 0.15) is 10.4 Å². The van der Waals surface area contributed by atoms with Gasteiger partial charge in [-0.3, -0.25) is 0 Å². The van der Waals surface area contributed by atoms with Gasteiger partial charge in [0.05, 0.1) is 18.1 Å². The molecular weight excluding hydrogens is 274 g/mol. The van der Waals surface area contributed by atoms with Crippen LogP contribution in [0.4, 0.5) is 0 Å². The molecule has 0 N–H and O–H groups in total. The number of rotatable bonds is 1. The lowest BCUT2D eigenvalue weighted by molar-refractivity contribution is -0.577. The summed E-state index contributed by atoms with van der Waals surface area (Å²) in [6.07, 6.45) is 1.41. The zero-order valence-corrected chi connectivity index (χ0v) is 10.0. The van der Waals surface area contributed by atoms with Gasteiger partial charge >= 0.3 is 5.97 Å². The quantitative estimate of drug-likeness (QED) is 0.457. The first-order chi connectivity index (χ1) is 7.65. The number of aromatic nitrogens is 1. The number of hydrogen-bond acceptors (Lipinski definition) is 3. The first-order valence-electron chi connectivity index (χ1n) is 4.54. The van der Waals surface area contributed by atoms with Crippen LogP contribution in [-0.4, -0.2) is 13.1 Å². The van der Waals surface area contributed by atoms with Gasteiger partial charge in [-0.15, -0.1) is 0 Å². The van der Waals surface area contributed by atoms with Crippen LogP contribution < -0.4 is 4.73 Å². The maximum Gasteiger partial charge on any atom is 0.339 e. The van der Waals surface area contributed by atoms with E-state index in [9.17, 15) is 10.0 Å². The lowest BCUT2D eigenvalue weighted by Gasteiger charge is -2.06. The topological polar surface area (TPSA) is 53.2 Å². The Labute approximate surface area is 100 Å². The van der Waals surface area contributed by atoms with Gasteiger partial charge in [-0.1, -0.05) is 0 Å². The molecule has 16 heavy (non-hydrogen) atoms. The van der Waals surface area contributed by atoms with Gasteiger partial charge in [0.1, 0.15) is 0 Å². The molecule has 0 saturated heterocycles. The summed E-state index contributed by atoms with van der Waals surface area (Å²) in [5, 5.41) is 12.1. The molecule has 2 aromatic rings. The molecule has 0 radical (unpaired) electrons. The first-order valence-corrected chi connectivity index (χ1v) is 5.33. The Bertz CT molecular complexity index is 568. The van der Waals surface area contributed by atoms with Crippen molar-refractivity contribution in [1.82, 2.24) is 0 Å². The average molecular weight is 282 g/mol. The summed E-state index contributed by atoms with van der Waals surface area (Å²) in [5.41, 5.74) is 0.906. The van der Waals surface area contributed by atoms with E-state index in [1.165, 1.54) is 13.3 Å². The highest BCUT2D eigenvalue weighted by molar-refractivity contribution is 9.10. The van der Waals surface area contributed by atoms with Crippen molar-refractivity contribution in [2.75, 3.05) is 7.11 Å². The van der Waals surface area contributed by atoms with E-state index in [1.807, 2.05) is 0 Å². The highest BCUT2D eigenvalue weighted by Gasteiger charge is 2.15. The van der Waals surface area contributed by atoms with Crippen molar-refractivity contribution in [3.8, 4) is 0 Å². The predicted octanol–water partition coefficient (Wildman–Crippen LogP) is 2.02. The Balaban J connectivity index is 2.75. The molecule has 0 unspecified atom stereocenters. The van der Waals surface area contributed by atoms with Crippen LogP contribution in [-0.2, 0) is 4.74 Å². The van der Waals surface area contributed by atoms with Crippen molar-refractivity contribution in [3.05, 3.63) is 45.7 Å². The number of esters is 1. The van der Waals surface area contributed by atoms with Crippen molar-refractivity contribution in [2.45, 2.75) is 0 Å². The monoisotopic (exact) mass is 281 g/mol. The third-order valence-electron chi connectivity index (χ3n) is 2.28. The summed E-state index contributed by atoms with van der Waals surface area (Å²) in [4.78, 5) is 11.4. The van der Waals surface area contributed by atoms with Crippen LogP contribution in [0.5, 0.6) is 0 Å². The summed E-state index contributed by atoms with van der Waals surface area (Å²) in [6, 6.07) is 6.55. The van der Waals surface area contributed by atoms with Crippen molar-refractivity contribution < 1.29 is 14.3 Å². The Kier molecular flexibility index (Phi) is 2.78. The van der Waals surface area contributed by atoms with Crippen molar-refractivity contribution >= 4 is 32.8 Å². The molecule has 0 aliphatic heterocycles. The SMILES string of the molecule is COC(=O)c1ccc2c(ccc[n+]2[O-])c1Br.